The van der Waals surface area contributed by atoms with Crippen LogP contribution in [0.2, 0.25) is 0 Å². The highest BCUT2D eigenvalue weighted by Crippen LogP contribution is 2.30. The van der Waals surface area contributed by atoms with Gasteiger partial charge in [-0.15, -0.1) is 24.0 Å². The number of halogens is 1. The second kappa shape index (κ2) is 14.9. The average Bonchev–Trinajstić information content (AvgIpc) is 3.51. The Kier molecular flexibility index (Phi) is 13.3. The number of methoxy groups -OCH3 is 1. The summed E-state index contributed by atoms with van der Waals surface area (Å²) in [6.07, 6.45) is 3.66. The monoisotopic (exact) mass is 504 g/mol. The van der Waals surface area contributed by atoms with E-state index >= 15 is 0 Å². The minimum Gasteiger partial charge on any atom is -0.493 e. The number of likely N-dealkylation sites (N-methyl/N-ethyl adjacent to an activating group) is 1. The molecule has 1 aromatic rings. The Morgan fingerprint density at radius 3 is 2.71 bits per heavy atom. The van der Waals surface area contributed by atoms with E-state index in [1.54, 1.807) is 7.11 Å². The Labute approximate surface area is 187 Å². The van der Waals surface area contributed by atoms with Gasteiger partial charge in [0.05, 0.1) is 19.8 Å². The molecule has 0 atom stereocenters. The topological polar surface area (TPSA) is 58.1 Å². The van der Waals surface area contributed by atoms with Crippen molar-refractivity contribution in [1.29, 1.82) is 0 Å². The quantitative estimate of drug-likeness (QED) is 0.187. The van der Waals surface area contributed by atoms with Crippen molar-refractivity contribution in [3.8, 4) is 5.75 Å². The maximum absolute atomic E-state index is 5.98. The molecule has 0 aromatic heterocycles. The largest absolute Gasteiger partial charge is 0.493 e. The predicted octanol–water partition coefficient (Wildman–Crippen LogP) is 3.12. The molecule has 1 saturated carbocycles. The first-order valence-electron chi connectivity index (χ1n) is 10.1. The molecule has 0 heterocycles. The summed E-state index contributed by atoms with van der Waals surface area (Å²) < 4.78 is 11.1. The van der Waals surface area contributed by atoms with Crippen LogP contribution in [0, 0.1) is 5.92 Å². The molecule has 7 heteroatoms. The van der Waals surface area contributed by atoms with Gasteiger partial charge in [-0.05, 0) is 51.8 Å². The van der Waals surface area contributed by atoms with Crippen LogP contribution in [0.15, 0.2) is 29.3 Å². The zero-order valence-electron chi connectivity index (χ0n) is 17.6. The summed E-state index contributed by atoms with van der Waals surface area (Å²) in [5, 5.41) is 6.74. The molecule has 0 saturated heterocycles. The zero-order valence-corrected chi connectivity index (χ0v) is 19.9. The van der Waals surface area contributed by atoms with Crippen LogP contribution in [0.4, 0.5) is 0 Å². The van der Waals surface area contributed by atoms with Crippen LogP contribution in [0.25, 0.3) is 0 Å². The van der Waals surface area contributed by atoms with Gasteiger partial charge in [-0.25, -0.2) is 4.99 Å². The molecule has 0 bridgehead atoms. The van der Waals surface area contributed by atoms with E-state index in [2.05, 4.69) is 35.6 Å². The molecule has 160 valence electrons. The van der Waals surface area contributed by atoms with Gasteiger partial charge in [-0.1, -0.05) is 18.2 Å². The van der Waals surface area contributed by atoms with Gasteiger partial charge >= 0.3 is 0 Å². The summed E-state index contributed by atoms with van der Waals surface area (Å²) in [6.45, 7) is 8.04. The van der Waals surface area contributed by atoms with Crippen molar-refractivity contribution in [2.45, 2.75) is 32.7 Å². The molecular weight excluding hydrogens is 467 g/mol. The number of nitrogens with one attached hydrogen (secondary N) is 2. The Morgan fingerprint density at radius 1 is 1.21 bits per heavy atom. The smallest absolute Gasteiger partial charge is 0.191 e. The van der Waals surface area contributed by atoms with Gasteiger partial charge in [-0.3, -0.25) is 0 Å². The van der Waals surface area contributed by atoms with Crippen molar-refractivity contribution >= 4 is 29.9 Å². The van der Waals surface area contributed by atoms with Crippen LogP contribution in [-0.2, 0) is 11.3 Å². The summed E-state index contributed by atoms with van der Waals surface area (Å²) in [6, 6.07) is 8.22. The van der Waals surface area contributed by atoms with Gasteiger partial charge in [0.25, 0.3) is 0 Å². The number of hydrogen-bond donors (Lipinski definition) is 2. The molecule has 1 aromatic carbocycles. The number of nitrogens with zero attached hydrogens (tertiary/aromatic N) is 2. The minimum atomic E-state index is 0. The van der Waals surface area contributed by atoms with E-state index in [4.69, 9.17) is 14.5 Å². The van der Waals surface area contributed by atoms with Crippen molar-refractivity contribution < 1.29 is 9.47 Å². The van der Waals surface area contributed by atoms with Gasteiger partial charge in [0.1, 0.15) is 5.75 Å². The van der Waals surface area contributed by atoms with Crippen molar-refractivity contribution in [2.75, 3.05) is 53.6 Å². The summed E-state index contributed by atoms with van der Waals surface area (Å²) in [4.78, 5) is 7.01. The highest BCUT2D eigenvalue weighted by molar-refractivity contribution is 14.0. The Bertz CT molecular complexity index is 567. The third-order valence-corrected chi connectivity index (χ3v) is 4.58. The lowest BCUT2D eigenvalue weighted by molar-refractivity contribution is 0.161. The molecule has 6 nitrogen and oxygen atoms in total. The van der Waals surface area contributed by atoms with Crippen LogP contribution < -0.4 is 15.4 Å². The lowest BCUT2D eigenvalue weighted by Gasteiger charge is -2.17. The molecule has 1 aliphatic carbocycles. The van der Waals surface area contributed by atoms with E-state index < -0.39 is 0 Å². The molecule has 28 heavy (non-hydrogen) atoms. The van der Waals surface area contributed by atoms with Crippen molar-refractivity contribution in [2.24, 2.45) is 10.9 Å². The fraction of sp³-hybridized carbons (Fsp3) is 0.667. The van der Waals surface area contributed by atoms with Gasteiger partial charge in [0.2, 0.25) is 0 Å². The normalized spacial score (nSPS) is 13.9. The highest BCUT2D eigenvalue weighted by atomic mass is 127. The number of para-hydroxylation sites is 1. The molecular formula is C21H37IN4O2. The second-order valence-corrected chi connectivity index (χ2v) is 7.13. The fourth-order valence-electron chi connectivity index (χ4n) is 2.69. The van der Waals surface area contributed by atoms with Crippen LogP contribution >= 0.6 is 24.0 Å². The molecule has 0 spiro atoms. The van der Waals surface area contributed by atoms with Crippen LogP contribution in [-0.4, -0.2) is 64.4 Å². The SMILES string of the molecule is CCNC(=NCc1ccccc1OCC1CC1)NCCCN(C)CCOC.I. The molecule has 0 aliphatic heterocycles. The van der Waals surface area contributed by atoms with Gasteiger partial charge in [0.15, 0.2) is 5.96 Å². The van der Waals surface area contributed by atoms with Gasteiger partial charge < -0.3 is 25.0 Å². The predicted molar refractivity (Wildman–Crippen MR) is 127 cm³/mol. The van der Waals surface area contributed by atoms with Crippen molar-refractivity contribution in [3.63, 3.8) is 0 Å². The average molecular weight is 504 g/mol. The number of ether oxygens (including phenoxy) is 2. The zero-order chi connectivity index (χ0) is 19.3. The van der Waals surface area contributed by atoms with Crippen molar-refractivity contribution in [1.82, 2.24) is 15.5 Å². The van der Waals surface area contributed by atoms with E-state index in [0.29, 0.717) is 6.54 Å². The highest BCUT2D eigenvalue weighted by Gasteiger charge is 2.22. The van der Waals surface area contributed by atoms with Gasteiger partial charge in [0, 0.05) is 32.3 Å². The Balaban J connectivity index is 0.00000392. The third-order valence-electron chi connectivity index (χ3n) is 4.58. The van der Waals surface area contributed by atoms with E-state index in [0.717, 1.165) is 69.0 Å². The molecule has 2 N–H and O–H groups in total. The summed E-state index contributed by atoms with van der Waals surface area (Å²) in [7, 11) is 3.86. The van der Waals surface area contributed by atoms with Crippen molar-refractivity contribution in [3.05, 3.63) is 29.8 Å². The maximum atomic E-state index is 5.98. The number of benzene rings is 1. The first-order valence-corrected chi connectivity index (χ1v) is 10.1. The maximum Gasteiger partial charge on any atom is 0.191 e. The fourth-order valence-corrected chi connectivity index (χ4v) is 2.69. The van der Waals surface area contributed by atoms with E-state index in [-0.39, 0.29) is 24.0 Å². The molecule has 1 fully saturated rings. The molecule has 0 amide bonds. The number of guanidine groups is 1. The Hall–Kier alpha value is -1.06. The number of aliphatic imine (C=N–C) groups is 1. The second-order valence-electron chi connectivity index (χ2n) is 7.13. The summed E-state index contributed by atoms with van der Waals surface area (Å²) >= 11 is 0. The van der Waals surface area contributed by atoms with Crippen LogP contribution in [0.3, 0.4) is 0 Å². The standard InChI is InChI=1S/C21H36N4O2.HI/c1-4-22-21(23-12-7-13-25(2)14-15-26-3)24-16-19-8-5-6-9-20(19)27-17-18-10-11-18;/h5-6,8-9,18H,4,7,10-17H2,1-3H3,(H2,22,23,24);1H. The first kappa shape index (κ1) is 25.0. The lowest BCUT2D eigenvalue weighted by atomic mass is 10.2. The van der Waals surface area contributed by atoms with Crippen LogP contribution in [0.1, 0.15) is 31.7 Å². The van der Waals surface area contributed by atoms with E-state index in [9.17, 15) is 0 Å². The third kappa shape index (κ3) is 10.5. The number of hydrogen-bond acceptors (Lipinski definition) is 4. The molecule has 0 unspecified atom stereocenters. The lowest BCUT2D eigenvalue weighted by Crippen LogP contribution is -2.38. The van der Waals surface area contributed by atoms with Gasteiger partial charge in [-0.2, -0.15) is 0 Å². The molecule has 0 radical (unpaired) electrons. The summed E-state index contributed by atoms with van der Waals surface area (Å²) in [5.74, 6) is 2.57. The minimum absolute atomic E-state index is 0. The molecule has 1 aliphatic rings. The van der Waals surface area contributed by atoms with E-state index in [1.807, 2.05) is 18.2 Å². The Morgan fingerprint density at radius 2 is 2.00 bits per heavy atom. The number of rotatable bonds is 13. The van der Waals surface area contributed by atoms with E-state index in [1.165, 1.54) is 12.8 Å². The molecule has 2 rings (SSSR count). The summed E-state index contributed by atoms with van der Waals surface area (Å²) in [5.41, 5.74) is 1.13. The van der Waals surface area contributed by atoms with Crippen LogP contribution in [0.5, 0.6) is 5.75 Å². The first-order chi connectivity index (χ1) is 13.2.